The Labute approximate surface area is 166 Å². The van der Waals surface area contributed by atoms with E-state index in [9.17, 15) is 9.59 Å². The zero-order valence-corrected chi connectivity index (χ0v) is 16.6. The summed E-state index contributed by atoms with van der Waals surface area (Å²) in [4.78, 5) is 28.6. The van der Waals surface area contributed by atoms with Crippen LogP contribution in [0, 0.1) is 0 Å². The number of hydrogen-bond acceptors (Lipinski definition) is 6. The summed E-state index contributed by atoms with van der Waals surface area (Å²) in [6, 6.07) is 15.3. The molecule has 1 heterocycles. The van der Waals surface area contributed by atoms with Crippen LogP contribution in [0.4, 0.5) is 0 Å². The van der Waals surface area contributed by atoms with Gasteiger partial charge in [-0.15, -0.1) is 11.3 Å². The first-order chi connectivity index (χ1) is 13.2. The molecule has 1 N–H and O–H groups in total. The molecule has 0 aliphatic rings. The van der Waals surface area contributed by atoms with Crippen LogP contribution in [0.2, 0.25) is 0 Å². The van der Waals surface area contributed by atoms with Gasteiger partial charge >= 0.3 is 5.97 Å². The van der Waals surface area contributed by atoms with Crippen molar-refractivity contribution in [2.24, 2.45) is 0 Å². The fourth-order valence-corrected chi connectivity index (χ4v) is 4.49. The van der Waals surface area contributed by atoms with Crippen LogP contribution >= 0.6 is 23.1 Å². The van der Waals surface area contributed by atoms with Gasteiger partial charge in [-0.05, 0) is 30.2 Å². The van der Waals surface area contributed by atoms with E-state index in [2.05, 4.69) is 10.3 Å². The lowest BCUT2D eigenvalue weighted by atomic mass is 10.1. The van der Waals surface area contributed by atoms with Crippen molar-refractivity contribution in [3.8, 4) is 0 Å². The standard InChI is InChI=1S/C20H20N2O3S2/c1-2-11-21-18(23)12-25-19(24)15-8-4-3-7-14(15)13-26-20-22-16-9-5-6-10-17(16)27-20/h3-10H,2,11-13H2,1H3,(H,21,23). The average Bonchev–Trinajstić information content (AvgIpc) is 3.12. The van der Waals surface area contributed by atoms with Gasteiger partial charge in [0, 0.05) is 12.3 Å². The molecule has 27 heavy (non-hydrogen) atoms. The van der Waals surface area contributed by atoms with E-state index in [0.717, 1.165) is 26.5 Å². The minimum Gasteiger partial charge on any atom is -0.452 e. The number of fused-ring (bicyclic) bond motifs is 1. The Kier molecular flexibility index (Phi) is 6.84. The summed E-state index contributed by atoms with van der Waals surface area (Å²) in [5.41, 5.74) is 2.32. The molecule has 0 saturated carbocycles. The van der Waals surface area contributed by atoms with Gasteiger partial charge in [0.05, 0.1) is 15.8 Å². The summed E-state index contributed by atoms with van der Waals surface area (Å²) >= 11 is 3.22. The number of rotatable bonds is 8. The molecule has 3 aromatic rings. The molecule has 3 rings (SSSR count). The van der Waals surface area contributed by atoms with Gasteiger partial charge in [0.2, 0.25) is 0 Å². The van der Waals surface area contributed by atoms with Gasteiger partial charge in [-0.3, -0.25) is 4.79 Å². The van der Waals surface area contributed by atoms with Crippen molar-refractivity contribution >= 4 is 45.2 Å². The Morgan fingerprint density at radius 1 is 1.15 bits per heavy atom. The molecule has 1 aromatic heterocycles. The predicted molar refractivity (Wildman–Crippen MR) is 109 cm³/mol. The van der Waals surface area contributed by atoms with Gasteiger partial charge < -0.3 is 10.1 Å². The minimum atomic E-state index is -0.484. The smallest absolute Gasteiger partial charge is 0.338 e. The highest BCUT2D eigenvalue weighted by Crippen LogP contribution is 2.32. The predicted octanol–water partition coefficient (Wildman–Crippen LogP) is 4.27. The zero-order valence-electron chi connectivity index (χ0n) is 14.9. The van der Waals surface area contributed by atoms with Crippen LogP contribution in [0.15, 0.2) is 52.9 Å². The molecule has 0 radical (unpaired) electrons. The topological polar surface area (TPSA) is 68.3 Å². The minimum absolute atomic E-state index is 0.266. The quantitative estimate of drug-likeness (QED) is 0.452. The molecule has 140 valence electrons. The van der Waals surface area contributed by atoms with E-state index in [0.29, 0.717) is 17.9 Å². The summed E-state index contributed by atoms with van der Waals surface area (Å²) in [6.07, 6.45) is 0.839. The number of benzene rings is 2. The number of thioether (sulfide) groups is 1. The number of thiazole rings is 1. The van der Waals surface area contributed by atoms with Gasteiger partial charge in [-0.1, -0.05) is 49.0 Å². The molecule has 0 fully saturated rings. The fraction of sp³-hybridized carbons (Fsp3) is 0.250. The first kappa shape index (κ1) is 19.4. The Morgan fingerprint density at radius 3 is 2.74 bits per heavy atom. The van der Waals surface area contributed by atoms with Gasteiger partial charge in [-0.2, -0.15) is 0 Å². The highest BCUT2D eigenvalue weighted by molar-refractivity contribution is 8.00. The molecular weight excluding hydrogens is 380 g/mol. The maximum atomic E-state index is 12.4. The number of aromatic nitrogens is 1. The second-order valence-corrected chi connectivity index (χ2v) is 8.07. The number of carbonyl (C=O) groups excluding carboxylic acids is 2. The third-order valence-corrected chi connectivity index (χ3v) is 6.00. The number of nitrogens with one attached hydrogen (secondary N) is 1. The van der Waals surface area contributed by atoms with Crippen LogP contribution in [0.1, 0.15) is 29.3 Å². The summed E-state index contributed by atoms with van der Waals surface area (Å²) in [7, 11) is 0. The van der Waals surface area contributed by atoms with Crippen molar-refractivity contribution in [3.05, 3.63) is 59.7 Å². The van der Waals surface area contributed by atoms with Crippen LogP contribution in [-0.2, 0) is 15.3 Å². The Morgan fingerprint density at radius 2 is 1.93 bits per heavy atom. The van der Waals surface area contributed by atoms with Crippen molar-refractivity contribution in [3.63, 3.8) is 0 Å². The zero-order chi connectivity index (χ0) is 19.1. The molecule has 5 nitrogen and oxygen atoms in total. The number of ether oxygens (including phenoxy) is 1. The summed E-state index contributed by atoms with van der Waals surface area (Å²) in [6.45, 7) is 2.27. The molecule has 0 unspecified atom stereocenters. The lowest BCUT2D eigenvalue weighted by Gasteiger charge is -2.09. The molecule has 7 heteroatoms. The van der Waals surface area contributed by atoms with Crippen LogP contribution in [-0.4, -0.2) is 30.0 Å². The van der Waals surface area contributed by atoms with Gasteiger partial charge in [0.15, 0.2) is 10.9 Å². The fourth-order valence-electron chi connectivity index (χ4n) is 2.42. The molecule has 0 bridgehead atoms. The second-order valence-electron chi connectivity index (χ2n) is 5.82. The van der Waals surface area contributed by atoms with Crippen LogP contribution in [0.25, 0.3) is 10.2 Å². The van der Waals surface area contributed by atoms with E-state index in [-0.39, 0.29) is 12.5 Å². The third kappa shape index (κ3) is 5.30. The van der Waals surface area contributed by atoms with Crippen molar-refractivity contribution in [2.45, 2.75) is 23.4 Å². The molecule has 0 atom stereocenters. The Bertz CT molecular complexity index is 907. The molecule has 2 aromatic carbocycles. The lowest BCUT2D eigenvalue weighted by molar-refractivity contribution is -0.124. The first-order valence-electron chi connectivity index (χ1n) is 8.67. The maximum Gasteiger partial charge on any atom is 0.338 e. The third-order valence-electron chi connectivity index (χ3n) is 3.77. The molecule has 0 spiro atoms. The Hall–Kier alpha value is -2.38. The van der Waals surface area contributed by atoms with Crippen molar-refractivity contribution < 1.29 is 14.3 Å². The van der Waals surface area contributed by atoms with Gasteiger partial charge in [0.25, 0.3) is 5.91 Å². The van der Waals surface area contributed by atoms with Crippen LogP contribution in [0.3, 0.4) is 0 Å². The number of amides is 1. The second kappa shape index (κ2) is 9.53. The number of para-hydroxylation sites is 1. The van der Waals surface area contributed by atoms with E-state index < -0.39 is 5.97 Å². The van der Waals surface area contributed by atoms with Crippen LogP contribution < -0.4 is 5.32 Å². The first-order valence-corrected chi connectivity index (χ1v) is 10.5. The normalized spacial score (nSPS) is 10.7. The van der Waals surface area contributed by atoms with Gasteiger partial charge in [-0.25, -0.2) is 9.78 Å². The molecule has 0 saturated heterocycles. The number of nitrogens with zero attached hydrogens (tertiary/aromatic N) is 1. The molecule has 1 amide bonds. The average molecular weight is 401 g/mol. The summed E-state index contributed by atoms with van der Waals surface area (Å²) in [5.74, 6) is -0.165. The van der Waals surface area contributed by atoms with E-state index >= 15 is 0 Å². The SMILES string of the molecule is CCCNC(=O)COC(=O)c1ccccc1CSc1nc2ccccc2s1. The molecular formula is C20H20N2O3S2. The monoisotopic (exact) mass is 400 g/mol. The van der Waals surface area contributed by atoms with Crippen molar-refractivity contribution in [1.29, 1.82) is 0 Å². The van der Waals surface area contributed by atoms with E-state index in [1.165, 1.54) is 0 Å². The number of carbonyl (C=O) groups is 2. The Balaban J connectivity index is 1.62. The highest BCUT2D eigenvalue weighted by atomic mass is 32.2. The van der Waals surface area contributed by atoms with E-state index in [1.807, 2.05) is 43.3 Å². The highest BCUT2D eigenvalue weighted by Gasteiger charge is 2.15. The summed E-state index contributed by atoms with van der Waals surface area (Å²) in [5, 5.41) is 2.69. The number of esters is 1. The van der Waals surface area contributed by atoms with Crippen molar-refractivity contribution in [2.75, 3.05) is 13.2 Å². The largest absolute Gasteiger partial charge is 0.452 e. The summed E-state index contributed by atoms with van der Waals surface area (Å²) < 4.78 is 7.26. The van der Waals surface area contributed by atoms with E-state index in [4.69, 9.17) is 4.74 Å². The molecule has 0 aliphatic heterocycles. The van der Waals surface area contributed by atoms with Crippen molar-refractivity contribution in [1.82, 2.24) is 10.3 Å². The lowest BCUT2D eigenvalue weighted by Crippen LogP contribution is -2.29. The maximum absolute atomic E-state index is 12.4. The molecule has 0 aliphatic carbocycles. The van der Waals surface area contributed by atoms with Crippen LogP contribution in [0.5, 0.6) is 0 Å². The van der Waals surface area contributed by atoms with Gasteiger partial charge in [0.1, 0.15) is 0 Å². The van der Waals surface area contributed by atoms with E-state index in [1.54, 1.807) is 35.2 Å². The number of hydrogen-bond donors (Lipinski definition) is 1.